The minimum absolute atomic E-state index is 0.0307. The highest BCUT2D eigenvalue weighted by Crippen LogP contribution is 2.31. The van der Waals surface area contributed by atoms with Crippen LogP contribution < -0.4 is 0 Å². The molecule has 9 nitrogen and oxygen atoms in total. The smallest absolute Gasteiger partial charge is 0.424 e. The van der Waals surface area contributed by atoms with E-state index in [9.17, 15) is 29.1 Å². The Kier molecular flexibility index (Phi) is 5.40. The number of aromatic hydroxyl groups is 1. The number of hydrogen-bond donors (Lipinski definition) is 1. The number of nitrogens with zero attached hydrogens (tertiary/aromatic N) is 2. The number of imide groups is 4. The molecule has 160 valence electrons. The predicted octanol–water partition coefficient (Wildman–Crippen LogP) is 2.47. The third kappa shape index (κ3) is 3.79. The molecule has 3 rings (SSSR count). The number of piperidine rings is 1. The van der Waals surface area contributed by atoms with Crippen LogP contribution in [0.5, 0.6) is 5.75 Å². The van der Waals surface area contributed by atoms with Gasteiger partial charge in [-0.15, -0.1) is 0 Å². The fourth-order valence-corrected chi connectivity index (χ4v) is 4.04. The summed E-state index contributed by atoms with van der Waals surface area (Å²) in [6, 6.07) is 2.40. The van der Waals surface area contributed by atoms with Crippen molar-refractivity contribution in [2.75, 3.05) is 0 Å². The van der Waals surface area contributed by atoms with E-state index in [1.54, 1.807) is 13.8 Å². The Morgan fingerprint density at radius 3 is 2.43 bits per heavy atom. The molecule has 0 aromatic heterocycles. The first-order valence-corrected chi connectivity index (χ1v) is 9.73. The Morgan fingerprint density at radius 2 is 1.80 bits per heavy atom. The first kappa shape index (κ1) is 21.5. The predicted molar refractivity (Wildman–Crippen MR) is 103 cm³/mol. The molecular weight excluding hydrogens is 392 g/mol. The maximum atomic E-state index is 13.0. The SMILES string of the molecule is CC(C)CC(C)(C)OC(=O)N1C(=O)CCC(N2C(=O)c3ccc(O)cc3C2=O)C1=O. The zero-order chi connectivity index (χ0) is 22.4. The van der Waals surface area contributed by atoms with Gasteiger partial charge >= 0.3 is 6.09 Å². The van der Waals surface area contributed by atoms with Gasteiger partial charge in [-0.05, 0) is 50.8 Å². The van der Waals surface area contributed by atoms with Crippen LogP contribution in [0.4, 0.5) is 4.79 Å². The molecule has 5 amide bonds. The summed E-state index contributed by atoms with van der Waals surface area (Å²) >= 11 is 0. The fraction of sp³-hybridized carbons (Fsp3) is 0.476. The topological polar surface area (TPSA) is 121 Å². The monoisotopic (exact) mass is 416 g/mol. The second kappa shape index (κ2) is 7.55. The van der Waals surface area contributed by atoms with Crippen LogP contribution in [0.25, 0.3) is 0 Å². The van der Waals surface area contributed by atoms with Gasteiger partial charge in [0.05, 0.1) is 11.1 Å². The molecule has 0 saturated carbocycles. The number of rotatable bonds is 4. The van der Waals surface area contributed by atoms with Gasteiger partial charge in [-0.3, -0.25) is 24.1 Å². The zero-order valence-corrected chi connectivity index (χ0v) is 17.3. The Bertz CT molecular complexity index is 951. The molecule has 2 aliphatic rings. The molecule has 1 atom stereocenters. The number of fused-ring (bicyclic) bond motifs is 1. The number of carbonyl (C=O) groups excluding carboxylic acids is 5. The molecular formula is C21H24N2O7. The van der Waals surface area contributed by atoms with Crippen molar-refractivity contribution in [3.05, 3.63) is 29.3 Å². The Hall–Kier alpha value is -3.23. The van der Waals surface area contributed by atoms with Gasteiger partial charge in [0.2, 0.25) is 5.91 Å². The molecule has 1 unspecified atom stereocenters. The maximum absolute atomic E-state index is 13.0. The highest BCUT2D eigenvalue weighted by molar-refractivity contribution is 6.24. The maximum Gasteiger partial charge on any atom is 0.424 e. The van der Waals surface area contributed by atoms with Gasteiger partial charge in [0.1, 0.15) is 17.4 Å². The van der Waals surface area contributed by atoms with Crippen molar-refractivity contribution in [2.45, 2.75) is 58.6 Å². The summed E-state index contributed by atoms with van der Waals surface area (Å²) in [7, 11) is 0. The van der Waals surface area contributed by atoms with Crippen molar-refractivity contribution in [3.8, 4) is 5.75 Å². The van der Waals surface area contributed by atoms with E-state index in [0.29, 0.717) is 11.3 Å². The second-order valence-electron chi connectivity index (χ2n) is 8.56. The highest BCUT2D eigenvalue weighted by Gasteiger charge is 2.49. The van der Waals surface area contributed by atoms with E-state index in [-0.39, 0.29) is 35.6 Å². The zero-order valence-electron chi connectivity index (χ0n) is 17.3. The van der Waals surface area contributed by atoms with Crippen LogP contribution in [-0.2, 0) is 14.3 Å². The van der Waals surface area contributed by atoms with Crippen molar-refractivity contribution in [2.24, 2.45) is 5.92 Å². The Balaban J connectivity index is 1.85. The number of benzene rings is 1. The summed E-state index contributed by atoms with van der Waals surface area (Å²) in [6.45, 7) is 7.25. The number of ether oxygens (including phenoxy) is 1. The summed E-state index contributed by atoms with van der Waals surface area (Å²) in [4.78, 5) is 64.5. The lowest BCUT2D eigenvalue weighted by molar-refractivity contribution is -0.150. The summed E-state index contributed by atoms with van der Waals surface area (Å²) in [5.41, 5.74) is -0.891. The number of likely N-dealkylation sites (tertiary alicyclic amines) is 1. The van der Waals surface area contributed by atoms with Gasteiger partial charge < -0.3 is 9.84 Å². The molecule has 2 aliphatic heterocycles. The molecule has 1 saturated heterocycles. The molecule has 0 spiro atoms. The van der Waals surface area contributed by atoms with Gasteiger partial charge in [-0.25, -0.2) is 4.79 Å². The summed E-state index contributed by atoms with van der Waals surface area (Å²) < 4.78 is 5.40. The van der Waals surface area contributed by atoms with Crippen molar-refractivity contribution in [3.63, 3.8) is 0 Å². The van der Waals surface area contributed by atoms with Crippen molar-refractivity contribution < 1.29 is 33.8 Å². The molecule has 0 radical (unpaired) electrons. The third-order valence-electron chi connectivity index (χ3n) is 5.05. The summed E-state index contributed by atoms with van der Waals surface area (Å²) in [6.07, 6.45) is -0.891. The van der Waals surface area contributed by atoms with E-state index < -0.39 is 41.4 Å². The van der Waals surface area contributed by atoms with Gasteiger partial charge in [-0.1, -0.05) is 13.8 Å². The lowest BCUT2D eigenvalue weighted by Crippen LogP contribution is -2.58. The van der Waals surface area contributed by atoms with E-state index in [0.717, 1.165) is 11.0 Å². The third-order valence-corrected chi connectivity index (χ3v) is 5.05. The van der Waals surface area contributed by atoms with E-state index >= 15 is 0 Å². The average Bonchev–Trinajstić information content (AvgIpc) is 2.84. The van der Waals surface area contributed by atoms with Gasteiger partial charge in [-0.2, -0.15) is 4.90 Å². The fourth-order valence-electron chi connectivity index (χ4n) is 4.04. The second-order valence-corrected chi connectivity index (χ2v) is 8.56. The lowest BCUT2D eigenvalue weighted by Gasteiger charge is -2.35. The standard InChI is InChI=1S/C21H24N2O7/c1-11(2)10-21(3,4)30-20(29)23-16(25)8-7-15(19(23)28)22-17(26)13-6-5-12(24)9-14(13)18(22)27/h5-6,9,11,15,24H,7-8,10H2,1-4H3. The lowest BCUT2D eigenvalue weighted by atomic mass is 9.96. The van der Waals surface area contributed by atoms with Gasteiger partial charge in [0.25, 0.3) is 17.7 Å². The van der Waals surface area contributed by atoms with Crippen LogP contribution in [0.3, 0.4) is 0 Å². The van der Waals surface area contributed by atoms with Crippen LogP contribution in [0.2, 0.25) is 0 Å². The minimum atomic E-state index is -1.31. The van der Waals surface area contributed by atoms with Crippen LogP contribution in [0.15, 0.2) is 18.2 Å². The minimum Gasteiger partial charge on any atom is -0.508 e. The quantitative estimate of drug-likeness (QED) is 0.748. The van der Waals surface area contributed by atoms with E-state index in [2.05, 4.69) is 0 Å². The number of carbonyl (C=O) groups is 5. The molecule has 0 bridgehead atoms. The average molecular weight is 416 g/mol. The number of phenolic OH excluding ortho intramolecular Hbond substituents is 1. The first-order valence-electron chi connectivity index (χ1n) is 9.73. The number of amides is 5. The van der Waals surface area contributed by atoms with Crippen LogP contribution in [0, 0.1) is 5.92 Å². The van der Waals surface area contributed by atoms with Gasteiger partial charge in [0, 0.05) is 6.42 Å². The van der Waals surface area contributed by atoms with Crippen molar-refractivity contribution >= 4 is 29.7 Å². The molecule has 9 heteroatoms. The summed E-state index contributed by atoms with van der Waals surface area (Å²) in [5, 5.41) is 9.61. The first-order chi connectivity index (χ1) is 13.9. The van der Waals surface area contributed by atoms with E-state index in [1.165, 1.54) is 12.1 Å². The van der Waals surface area contributed by atoms with Crippen molar-refractivity contribution in [1.82, 2.24) is 9.80 Å². The Labute approximate surface area is 173 Å². The molecule has 0 aliphatic carbocycles. The number of phenols is 1. The molecule has 30 heavy (non-hydrogen) atoms. The van der Waals surface area contributed by atoms with Crippen LogP contribution >= 0.6 is 0 Å². The van der Waals surface area contributed by atoms with E-state index in [4.69, 9.17) is 4.74 Å². The van der Waals surface area contributed by atoms with Crippen LogP contribution in [0.1, 0.15) is 67.7 Å². The normalized spacial score (nSPS) is 19.6. The highest BCUT2D eigenvalue weighted by atomic mass is 16.6. The van der Waals surface area contributed by atoms with E-state index in [1.807, 2.05) is 13.8 Å². The van der Waals surface area contributed by atoms with Crippen LogP contribution in [-0.4, -0.2) is 56.3 Å². The van der Waals surface area contributed by atoms with Crippen molar-refractivity contribution in [1.29, 1.82) is 0 Å². The molecule has 1 aromatic carbocycles. The molecule has 2 heterocycles. The molecule has 1 aromatic rings. The number of hydrogen-bond acceptors (Lipinski definition) is 7. The largest absolute Gasteiger partial charge is 0.508 e. The summed E-state index contributed by atoms with van der Waals surface area (Å²) in [5.74, 6) is -3.17. The Morgan fingerprint density at radius 1 is 1.17 bits per heavy atom. The molecule has 1 N–H and O–H groups in total. The molecule has 1 fully saturated rings. The van der Waals surface area contributed by atoms with Gasteiger partial charge in [0.15, 0.2) is 0 Å².